The first-order valence-corrected chi connectivity index (χ1v) is 10.9. The van der Waals surface area contributed by atoms with E-state index >= 15 is 0 Å². The molecular formula is C28H27NO8. The fourth-order valence-corrected chi connectivity index (χ4v) is 3.02. The molecule has 0 amide bonds. The summed E-state index contributed by atoms with van der Waals surface area (Å²) < 4.78 is 0. The molecule has 0 unspecified atom stereocenters. The first-order chi connectivity index (χ1) is 17.4. The van der Waals surface area contributed by atoms with Crippen LogP contribution in [0, 0.1) is 6.92 Å². The summed E-state index contributed by atoms with van der Waals surface area (Å²) in [5.74, 6) is -1.23. The van der Waals surface area contributed by atoms with Crippen LogP contribution in [0.1, 0.15) is 31.8 Å². The highest BCUT2D eigenvalue weighted by Crippen LogP contribution is 2.20. The van der Waals surface area contributed by atoms with Gasteiger partial charge in [0.2, 0.25) is 0 Å². The number of rotatable bonds is 4. The molecule has 0 bridgehead atoms. The molecule has 4 aromatic carbocycles. The predicted octanol–water partition coefficient (Wildman–Crippen LogP) is 4.60. The maximum Gasteiger partial charge on any atom is 0.335 e. The van der Waals surface area contributed by atoms with Crippen molar-refractivity contribution in [3.05, 3.63) is 107 Å². The number of carbonyl (C=O) groups excluding carboxylic acids is 1. The molecule has 4 rings (SSSR count). The average molecular weight is 506 g/mol. The van der Waals surface area contributed by atoms with Gasteiger partial charge >= 0.3 is 5.97 Å². The van der Waals surface area contributed by atoms with Gasteiger partial charge < -0.3 is 36.4 Å². The van der Waals surface area contributed by atoms with Gasteiger partial charge in [0, 0.05) is 23.7 Å². The summed E-state index contributed by atoms with van der Waals surface area (Å²) in [5, 5.41) is 53.4. The number of nitrogen functional groups attached to an aromatic ring is 1. The fraction of sp³-hybridized carbons (Fsp3) is 0.0714. The largest absolute Gasteiger partial charge is 0.508 e. The van der Waals surface area contributed by atoms with Crippen LogP contribution >= 0.6 is 0 Å². The molecule has 37 heavy (non-hydrogen) atoms. The smallest absolute Gasteiger partial charge is 0.335 e. The molecule has 0 aliphatic rings. The molecule has 0 aliphatic carbocycles. The van der Waals surface area contributed by atoms with Crippen molar-refractivity contribution in [2.45, 2.75) is 13.3 Å². The molecule has 0 aliphatic heterocycles. The fourth-order valence-electron chi connectivity index (χ4n) is 3.02. The van der Waals surface area contributed by atoms with E-state index in [2.05, 4.69) is 0 Å². The number of phenolic OH excluding ortho intramolecular Hbond substituents is 5. The molecule has 0 spiro atoms. The van der Waals surface area contributed by atoms with E-state index in [0.29, 0.717) is 11.3 Å². The Kier molecular flexibility index (Phi) is 9.90. The van der Waals surface area contributed by atoms with E-state index in [9.17, 15) is 14.7 Å². The Morgan fingerprint density at radius 1 is 0.622 bits per heavy atom. The highest BCUT2D eigenvalue weighted by molar-refractivity contribution is 5.98. The molecule has 0 radical (unpaired) electrons. The van der Waals surface area contributed by atoms with Crippen molar-refractivity contribution in [1.29, 1.82) is 0 Å². The van der Waals surface area contributed by atoms with Crippen LogP contribution < -0.4 is 5.73 Å². The molecular weight excluding hydrogens is 478 g/mol. The minimum Gasteiger partial charge on any atom is -0.508 e. The van der Waals surface area contributed by atoms with Crippen LogP contribution in [0.4, 0.5) is 5.69 Å². The molecule has 4 aromatic rings. The number of aromatic carboxylic acids is 1. The Morgan fingerprint density at radius 3 is 1.54 bits per heavy atom. The number of hydrogen-bond donors (Lipinski definition) is 7. The molecule has 0 atom stereocenters. The number of nitrogens with two attached hydrogens (primary N) is 1. The number of hydrogen-bond acceptors (Lipinski definition) is 8. The van der Waals surface area contributed by atoms with Crippen LogP contribution in [0.5, 0.6) is 28.7 Å². The highest BCUT2D eigenvalue weighted by Gasteiger charge is 2.09. The van der Waals surface area contributed by atoms with E-state index in [1.807, 2.05) is 6.92 Å². The number of phenols is 5. The lowest BCUT2D eigenvalue weighted by Crippen LogP contribution is -2.03. The van der Waals surface area contributed by atoms with Crippen LogP contribution in [0.2, 0.25) is 0 Å². The lowest BCUT2D eigenvalue weighted by molar-refractivity contribution is 0.0695. The van der Waals surface area contributed by atoms with E-state index in [1.54, 1.807) is 60.7 Å². The van der Waals surface area contributed by atoms with Gasteiger partial charge in [-0.3, -0.25) is 4.79 Å². The first kappa shape index (κ1) is 28.1. The second-order valence-corrected chi connectivity index (χ2v) is 7.96. The molecule has 0 fully saturated rings. The molecule has 192 valence electrons. The van der Waals surface area contributed by atoms with Crippen molar-refractivity contribution in [3.8, 4) is 28.7 Å². The molecule has 0 saturated carbocycles. The van der Waals surface area contributed by atoms with Gasteiger partial charge in [-0.05, 0) is 84.8 Å². The van der Waals surface area contributed by atoms with E-state index in [0.717, 1.165) is 29.3 Å². The Labute approximate surface area is 213 Å². The lowest BCUT2D eigenvalue weighted by atomic mass is 10.0. The van der Waals surface area contributed by atoms with E-state index in [4.69, 9.17) is 31.3 Å². The van der Waals surface area contributed by atoms with Crippen LogP contribution in [-0.2, 0) is 6.42 Å². The molecule has 0 aromatic heterocycles. The number of Topliss-reactive ketones (excluding diaryl/α,β-unsaturated/α-hetero) is 1. The Morgan fingerprint density at radius 2 is 1.08 bits per heavy atom. The maximum absolute atomic E-state index is 12.0. The second-order valence-electron chi connectivity index (χ2n) is 7.96. The first-order valence-electron chi connectivity index (χ1n) is 10.9. The number of ketones is 1. The third kappa shape index (κ3) is 9.91. The van der Waals surface area contributed by atoms with Crippen molar-refractivity contribution in [2.75, 3.05) is 5.73 Å². The lowest BCUT2D eigenvalue weighted by Gasteiger charge is -2.04. The van der Waals surface area contributed by atoms with Gasteiger partial charge in [-0.2, -0.15) is 0 Å². The molecule has 8 N–H and O–H groups in total. The van der Waals surface area contributed by atoms with Crippen LogP contribution in [-0.4, -0.2) is 42.4 Å². The number of carboxylic acids is 1. The number of anilines is 1. The predicted molar refractivity (Wildman–Crippen MR) is 138 cm³/mol. The third-order valence-electron chi connectivity index (χ3n) is 4.73. The second kappa shape index (κ2) is 13.1. The monoisotopic (exact) mass is 505 g/mol. The summed E-state index contributed by atoms with van der Waals surface area (Å²) in [6.07, 6.45) is 0.253. The van der Waals surface area contributed by atoms with Gasteiger partial charge in [0.15, 0.2) is 5.78 Å². The number of carbonyl (C=O) groups is 2. The zero-order valence-corrected chi connectivity index (χ0v) is 19.9. The Balaban J connectivity index is 0.000000215. The van der Waals surface area contributed by atoms with Gasteiger partial charge in [0.1, 0.15) is 28.7 Å². The summed E-state index contributed by atoms with van der Waals surface area (Å²) in [6.45, 7) is 1.83. The topological polar surface area (TPSA) is 182 Å². The summed E-state index contributed by atoms with van der Waals surface area (Å²) in [6, 6.07) is 20.9. The minimum absolute atomic E-state index is 0.0558. The number of aryl methyl sites for hydroxylation is 1. The van der Waals surface area contributed by atoms with Crippen molar-refractivity contribution in [3.63, 3.8) is 0 Å². The van der Waals surface area contributed by atoms with Gasteiger partial charge in [-0.25, -0.2) is 4.79 Å². The van der Waals surface area contributed by atoms with E-state index in [1.165, 1.54) is 6.07 Å². The van der Waals surface area contributed by atoms with Gasteiger partial charge in [0.25, 0.3) is 0 Å². The minimum atomic E-state index is -1.18. The maximum atomic E-state index is 12.0. The number of carboxylic acid groups (broad SMARTS) is 1. The Hall–Kier alpha value is -5.18. The summed E-state index contributed by atoms with van der Waals surface area (Å²) in [7, 11) is 0. The summed E-state index contributed by atoms with van der Waals surface area (Å²) in [4.78, 5) is 22.3. The molecule has 0 heterocycles. The Bertz CT molecular complexity index is 1290. The normalized spacial score (nSPS) is 9.76. The zero-order chi connectivity index (χ0) is 27.5. The number of aromatic hydroxyl groups is 5. The van der Waals surface area contributed by atoms with E-state index < -0.39 is 5.97 Å². The van der Waals surface area contributed by atoms with Crippen molar-refractivity contribution in [1.82, 2.24) is 0 Å². The van der Waals surface area contributed by atoms with Gasteiger partial charge in [0.05, 0.1) is 5.56 Å². The molecule has 9 nitrogen and oxygen atoms in total. The summed E-state index contributed by atoms with van der Waals surface area (Å²) >= 11 is 0. The third-order valence-corrected chi connectivity index (χ3v) is 4.73. The van der Waals surface area contributed by atoms with Crippen LogP contribution in [0.3, 0.4) is 0 Å². The average Bonchev–Trinajstić information content (AvgIpc) is 2.82. The highest BCUT2D eigenvalue weighted by atomic mass is 16.4. The van der Waals surface area contributed by atoms with Crippen molar-refractivity contribution >= 4 is 17.4 Å². The zero-order valence-electron chi connectivity index (χ0n) is 19.9. The molecule has 9 heteroatoms. The summed E-state index contributed by atoms with van der Waals surface area (Å²) in [5.41, 5.74) is 8.03. The van der Waals surface area contributed by atoms with Crippen molar-refractivity contribution < 1.29 is 40.2 Å². The van der Waals surface area contributed by atoms with Gasteiger partial charge in [-0.15, -0.1) is 0 Å². The SMILES string of the molecule is Cc1cc(O)cc(C(=O)Cc2ccc(O)cc2)c1.Nc1ccc(O)cc1.O=C(O)c1cc(O)cc(O)c1. The van der Waals surface area contributed by atoms with Gasteiger partial charge in [-0.1, -0.05) is 12.1 Å². The molecule has 0 saturated heterocycles. The quantitative estimate of drug-likeness (QED) is 0.118. The van der Waals surface area contributed by atoms with E-state index in [-0.39, 0.29) is 46.5 Å². The van der Waals surface area contributed by atoms with Crippen LogP contribution in [0.15, 0.2) is 84.9 Å². The number of benzene rings is 4. The standard InChI is InChI=1S/C15H14O3.C7H6O4.C6H7NO/c1-10-6-12(9-14(17)7-10)15(18)8-11-2-4-13(16)5-3-11;8-5-1-4(7(10)11)2-6(9)3-5;7-5-1-3-6(8)4-2-5/h2-7,9,16-17H,8H2,1H3;1-3,8-9H,(H,10,11);1-4,8H,7H2. The van der Waals surface area contributed by atoms with Crippen LogP contribution in [0.25, 0.3) is 0 Å². The van der Waals surface area contributed by atoms with Crippen molar-refractivity contribution in [2.24, 2.45) is 0 Å².